The van der Waals surface area contributed by atoms with Crippen LogP contribution in [0.2, 0.25) is 0 Å². The first-order valence-electron chi connectivity index (χ1n) is 10.7. The van der Waals surface area contributed by atoms with E-state index in [2.05, 4.69) is 4.74 Å². The van der Waals surface area contributed by atoms with Crippen LogP contribution in [0.5, 0.6) is 34.5 Å². The zero-order valence-corrected chi connectivity index (χ0v) is 20.0. The lowest BCUT2D eigenvalue weighted by Gasteiger charge is -2.13. The van der Waals surface area contributed by atoms with Crippen molar-refractivity contribution in [3.8, 4) is 34.5 Å². The lowest BCUT2D eigenvalue weighted by Crippen LogP contribution is -2.31. The van der Waals surface area contributed by atoms with Crippen LogP contribution in [-0.4, -0.2) is 99.5 Å². The molecule has 2 atom stereocenters. The second-order valence-corrected chi connectivity index (χ2v) is 7.44. The molecule has 0 saturated carbocycles. The second-order valence-electron chi connectivity index (χ2n) is 7.44. The Balaban J connectivity index is 0.000000295. The standard InChI is InChI=1S/C10H12O5.C7H6O5.C6H8O6/c1-2-3-15-10(14)6-4-7(11)9(13)8(12)5-6;8-4-2-1-3(7(11)12)5(9)6(4)10;7-1-2(8)5-3(9)4(10)6(11)12-5/h4-5,11-13H,2-3H2,1H3;1-2,8-10H,(H,11,12);2,5,7-10H,1H2/t;;2-,5+/m..0/s1. The van der Waals surface area contributed by atoms with Gasteiger partial charge in [-0.2, -0.15) is 0 Å². The number of hydrogen-bond donors (Lipinski definition) is 11. The molecule has 0 spiro atoms. The van der Waals surface area contributed by atoms with Crippen LogP contribution in [0.1, 0.15) is 34.1 Å². The van der Waals surface area contributed by atoms with Gasteiger partial charge >= 0.3 is 17.9 Å². The number of esters is 2. The Morgan fingerprint density at radius 2 is 1.49 bits per heavy atom. The lowest BCUT2D eigenvalue weighted by molar-refractivity contribution is -0.147. The van der Waals surface area contributed by atoms with Gasteiger partial charge in [-0.3, -0.25) is 0 Å². The largest absolute Gasteiger partial charge is 0.505 e. The van der Waals surface area contributed by atoms with Crippen molar-refractivity contribution in [2.24, 2.45) is 0 Å². The summed E-state index contributed by atoms with van der Waals surface area (Å²) in [5.74, 6) is -8.78. The highest BCUT2D eigenvalue weighted by Gasteiger charge is 2.38. The van der Waals surface area contributed by atoms with Crippen molar-refractivity contribution in [2.75, 3.05) is 13.2 Å². The highest BCUT2D eigenvalue weighted by molar-refractivity contribution is 5.92. The maximum Gasteiger partial charge on any atom is 0.377 e. The topological polar surface area (TPSA) is 292 Å². The number of aliphatic hydroxyl groups is 4. The monoisotopic (exact) mass is 558 g/mol. The van der Waals surface area contributed by atoms with Gasteiger partial charge in [-0.25, -0.2) is 14.4 Å². The van der Waals surface area contributed by atoms with Crippen molar-refractivity contribution >= 4 is 17.9 Å². The molecule has 0 aromatic heterocycles. The second kappa shape index (κ2) is 14.0. The van der Waals surface area contributed by atoms with E-state index in [1.807, 2.05) is 6.92 Å². The first kappa shape index (κ1) is 31.9. The van der Waals surface area contributed by atoms with Gasteiger partial charge in [-0.15, -0.1) is 0 Å². The molecule has 1 aliphatic heterocycles. The molecule has 0 amide bonds. The number of benzene rings is 2. The molecule has 1 heterocycles. The van der Waals surface area contributed by atoms with Crippen LogP contribution in [0, 0.1) is 0 Å². The highest BCUT2D eigenvalue weighted by atomic mass is 16.6. The van der Waals surface area contributed by atoms with Crippen LogP contribution >= 0.6 is 0 Å². The number of aromatic carboxylic acids is 1. The molecular formula is C23H26O16. The van der Waals surface area contributed by atoms with Crippen LogP contribution in [0.4, 0.5) is 0 Å². The minimum Gasteiger partial charge on any atom is -0.505 e. The number of aromatic hydroxyl groups is 6. The molecule has 16 nitrogen and oxygen atoms in total. The first-order chi connectivity index (χ1) is 18.2. The highest BCUT2D eigenvalue weighted by Crippen LogP contribution is 2.37. The summed E-state index contributed by atoms with van der Waals surface area (Å²) < 4.78 is 9.10. The Morgan fingerprint density at radius 3 is 1.92 bits per heavy atom. The lowest BCUT2D eigenvalue weighted by atomic mass is 10.2. The van der Waals surface area contributed by atoms with Gasteiger partial charge in [0, 0.05) is 0 Å². The van der Waals surface area contributed by atoms with Crippen molar-refractivity contribution in [3.05, 3.63) is 46.9 Å². The summed E-state index contributed by atoms with van der Waals surface area (Å²) in [4.78, 5) is 32.2. The quantitative estimate of drug-likeness (QED) is 0.169. The van der Waals surface area contributed by atoms with Gasteiger partial charge in [-0.1, -0.05) is 6.92 Å². The number of carbonyl (C=O) groups excluding carboxylic acids is 2. The molecule has 0 bridgehead atoms. The Bertz CT molecular complexity index is 1210. The predicted octanol–water partition coefficient (Wildman–Crippen LogP) is 0.464. The third-order valence-electron chi connectivity index (χ3n) is 4.58. The average molecular weight is 558 g/mol. The molecular weight excluding hydrogens is 532 g/mol. The predicted molar refractivity (Wildman–Crippen MR) is 126 cm³/mol. The van der Waals surface area contributed by atoms with Gasteiger partial charge < -0.3 is 65.6 Å². The molecule has 0 unspecified atom stereocenters. The third kappa shape index (κ3) is 8.20. The van der Waals surface area contributed by atoms with E-state index in [0.717, 1.165) is 24.3 Å². The van der Waals surface area contributed by atoms with Crippen LogP contribution in [0.3, 0.4) is 0 Å². The zero-order valence-electron chi connectivity index (χ0n) is 20.0. The van der Waals surface area contributed by atoms with Gasteiger partial charge in [0.2, 0.25) is 11.5 Å². The number of carboxylic acid groups (broad SMARTS) is 1. The molecule has 0 fully saturated rings. The van der Waals surface area contributed by atoms with E-state index >= 15 is 0 Å². The number of rotatable bonds is 6. The molecule has 39 heavy (non-hydrogen) atoms. The number of ether oxygens (including phenoxy) is 2. The molecule has 2 aromatic carbocycles. The van der Waals surface area contributed by atoms with E-state index in [1.54, 1.807) is 0 Å². The summed E-state index contributed by atoms with van der Waals surface area (Å²) in [6, 6.07) is 4.05. The summed E-state index contributed by atoms with van der Waals surface area (Å²) in [7, 11) is 0. The van der Waals surface area contributed by atoms with E-state index in [1.165, 1.54) is 0 Å². The first-order valence-corrected chi connectivity index (χ1v) is 10.7. The molecule has 0 radical (unpaired) electrons. The molecule has 11 N–H and O–H groups in total. The van der Waals surface area contributed by atoms with Crippen LogP contribution < -0.4 is 0 Å². The van der Waals surface area contributed by atoms with Gasteiger partial charge in [0.25, 0.3) is 0 Å². The zero-order chi connectivity index (χ0) is 30.0. The van der Waals surface area contributed by atoms with Gasteiger partial charge in [0.05, 0.1) is 18.8 Å². The minimum atomic E-state index is -1.42. The number of cyclic esters (lactones) is 1. The van der Waals surface area contributed by atoms with Gasteiger partial charge in [0.15, 0.2) is 40.6 Å². The fraction of sp³-hybridized carbons (Fsp3) is 0.261. The number of carbonyl (C=O) groups is 3. The van der Waals surface area contributed by atoms with E-state index in [9.17, 15) is 14.4 Å². The molecule has 0 saturated heterocycles. The molecule has 214 valence electrons. The Hall–Kier alpha value is -5.09. The van der Waals surface area contributed by atoms with E-state index in [-0.39, 0.29) is 12.2 Å². The number of phenols is 6. The van der Waals surface area contributed by atoms with Crippen molar-refractivity contribution in [1.82, 2.24) is 0 Å². The third-order valence-corrected chi connectivity index (χ3v) is 4.58. The van der Waals surface area contributed by atoms with E-state index < -0.39 is 88.3 Å². The van der Waals surface area contributed by atoms with E-state index in [0.29, 0.717) is 6.42 Å². The maximum atomic E-state index is 11.3. The smallest absolute Gasteiger partial charge is 0.377 e. The Morgan fingerprint density at radius 1 is 0.923 bits per heavy atom. The summed E-state index contributed by atoms with van der Waals surface area (Å²) in [5, 5.41) is 97.4. The summed E-state index contributed by atoms with van der Waals surface area (Å²) >= 11 is 0. The Kier molecular flexibility index (Phi) is 11.5. The summed E-state index contributed by atoms with van der Waals surface area (Å²) in [6.45, 7) is 1.44. The molecule has 0 aliphatic carbocycles. The fourth-order valence-electron chi connectivity index (χ4n) is 2.56. The van der Waals surface area contributed by atoms with Crippen LogP contribution in [-0.2, 0) is 14.3 Å². The van der Waals surface area contributed by atoms with Crippen molar-refractivity contribution in [3.63, 3.8) is 0 Å². The SMILES string of the molecule is CCCOC(=O)c1cc(O)c(O)c(O)c1.O=C(O)c1ccc(O)c(O)c1O.O=C1O[C@H]([C@@H](O)CO)C(O)=C1O. The van der Waals surface area contributed by atoms with Crippen molar-refractivity contribution < 1.29 is 80.0 Å². The molecule has 1 aliphatic rings. The number of hydrogen-bond acceptors (Lipinski definition) is 15. The van der Waals surface area contributed by atoms with Crippen LogP contribution in [0.15, 0.2) is 35.8 Å². The van der Waals surface area contributed by atoms with Crippen LogP contribution in [0.25, 0.3) is 0 Å². The summed E-state index contributed by atoms with van der Waals surface area (Å²) in [6.07, 6.45) is -2.09. The normalized spacial score (nSPS) is 14.7. The average Bonchev–Trinajstić information content (AvgIpc) is 3.15. The Labute approximate surface area is 218 Å². The van der Waals surface area contributed by atoms with Gasteiger partial charge in [0.1, 0.15) is 11.7 Å². The molecule has 3 rings (SSSR count). The molecule has 16 heteroatoms. The minimum absolute atomic E-state index is 0.00347. The molecule has 2 aromatic rings. The van der Waals surface area contributed by atoms with Gasteiger partial charge in [-0.05, 0) is 30.7 Å². The van der Waals surface area contributed by atoms with E-state index in [4.69, 9.17) is 60.9 Å². The fourth-order valence-corrected chi connectivity index (χ4v) is 2.56. The number of phenolic OH excluding ortho intramolecular Hbond substituents is 5. The van der Waals surface area contributed by atoms with Crippen molar-refractivity contribution in [2.45, 2.75) is 25.6 Å². The number of carboxylic acids is 1. The van der Waals surface area contributed by atoms with Crippen molar-refractivity contribution in [1.29, 1.82) is 0 Å². The number of aliphatic hydroxyl groups excluding tert-OH is 4. The maximum absolute atomic E-state index is 11.3. The summed E-state index contributed by atoms with van der Waals surface area (Å²) in [5.41, 5.74) is -0.457.